The van der Waals surface area contributed by atoms with Crippen LogP contribution in [0.3, 0.4) is 0 Å². The number of fused-ring (bicyclic) bond motifs is 3. The van der Waals surface area contributed by atoms with Crippen molar-refractivity contribution in [3.63, 3.8) is 0 Å². The molecule has 10 heteroatoms. The summed E-state index contributed by atoms with van der Waals surface area (Å²) < 4.78 is 15.9. The molecule has 0 bridgehead atoms. The van der Waals surface area contributed by atoms with Gasteiger partial charge in [0.1, 0.15) is 11.2 Å². The zero-order valence-electron chi connectivity index (χ0n) is 22.0. The lowest BCUT2D eigenvalue weighted by molar-refractivity contribution is -0.136. The molecule has 0 unspecified atom stereocenters. The number of carbonyl (C=O) groups is 3. The minimum Gasteiger partial charge on any atom is -0.481 e. The van der Waals surface area contributed by atoms with E-state index in [0.29, 0.717) is 40.4 Å². The molecule has 4 N–H and O–H groups in total. The third kappa shape index (κ3) is 4.40. The highest BCUT2D eigenvalue weighted by Crippen LogP contribution is 2.62. The highest BCUT2D eigenvalue weighted by atomic mass is 35.5. The molecule has 2 aliphatic heterocycles. The zero-order valence-corrected chi connectivity index (χ0v) is 23.5. The summed E-state index contributed by atoms with van der Waals surface area (Å²) in [6.07, 6.45) is 3.77. The fourth-order valence-electron chi connectivity index (χ4n) is 7.32. The highest BCUT2D eigenvalue weighted by Gasteiger charge is 2.72. The summed E-state index contributed by atoms with van der Waals surface area (Å²) in [6, 6.07) is 15.4. The van der Waals surface area contributed by atoms with Gasteiger partial charge in [-0.25, -0.2) is 4.39 Å². The van der Waals surface area contributed by atoms with Crippen molar-refractivity contribution in [1.82, 2.24) is 5.32 Å². The Labute approximate surface area is 246 Å². The van der Waals surface area contributed by atoms with Gasteiger partial charge in [0.15, 0.2) is 0 Å². The smallest absolute Gasteiger partial charge is 0.307 e. The van der Waals surface area contributed by atoms with Gasteiger partial charge < -0.3 is 15.7 Å². The maximum atomic E-state index is 15.9. The molecule has 3 aromatic carbocycles. The number of carboxylic acid groups (broad SMARTS) is 1. The molecule has 3 aliphatic rings. The summed E-state index contributed by atoms with van der Waals surface area (Å²) in [5, 5.41) is 18.9. The monoisotopic (exact) mass is 595 g/mol. The minimum absolute atomic E-state index is 0.0924. The summed E-state index contributed by atoms with van der Waals surface area (Å²) in [5.41, 5.74) is 0.315. The Morgan fingerprint density at radius 3 is 2.46 bits per heavy atom. The van der Waals surface area contributed by atoms with Crippen LogP contribution in [-0.4, -0.2) is 34.5 Å². The fourth-order valence-corrected chi connectivity index (χ4v) is 7.67. The predicted molar refractivity (Wildman–Crippen MR) is 155 cm³/mol. The largest absolute Gasteiger partial charge is 0.481 e. The highest BCUT2D eigenvalue weighted by molar-refractivity contribution is 6.31. The van der Waals surface area contributed by atoms with Crippen molar-refractivity contribution >= 4 is 52.4 Å². The first kappa shape index (κ1) is 27.7. The zero-order chi connectivity index (χ0) is 28.9. The van der Waals surface area contributed by atoms with Crippen LogP contribution in [0.2, 0.25) is 10.0 Å². The molecular weight excluding hydrogens is 568 g/mol. The van der Waals surface area contributed by atoms with Crippen molar-refractivity contribution in [2.24, 2.45) is 0 Å². The van der Waals surface area contributed by atoms with Crippen molar-refractivity contribution in [2.75, 3.05) is 10.6 Å². The van der Waals surface area contributed by atoms with Gasteiger partial charge in [0, 0.05) is 27.9 Å². The second-order valence-electron chi connectivity index (χ2n) is 11.1. The van der Waals surface area contributed by atoms with Gasteiger partial charge in [-0.2, -0.15) is 0 Å². The number of hydrogen-bond donors (Lipinski definition) is 4. The lowest BCUT2D eigenvalue weighted by Crippen LogP contribution is -2.60. The van der Waals surface area contributed by atoms with Crippen molar-refractivity contribution in [3.8, 4) is 0 Å². The average molecular weight is 596 g/mol. The Morgan fingerprint density at radius 2 is 1.76 bits per heavy atom. The van der Waals surface area contributed by atoms with Crippen LogP contribution < -0.4 is 16.0 Å². The van der Waals surface area contributed by atoms with Gasteiger partial charge in [0.05, 0.1) is 17.5 Å². The van der Waals surface area contributed by atoms with Gasteiger partial charge in [-0.3, -0.25) is 19.7 Å². The summed E-state index contributed by atoms with van der Waals surface area (Å²) in [6.45, 7) is 0. The molecule has 0 aromatic heterocycles. The number of nitrogens with one attached hydrogen (secondary N) is 3. The van der Waals surface area contributed by atoms with E-state index in [1.165, 1.54) is 6.07 Å². The normalized spacial score (nSPS) is 24.3. The summed E-state index contributed by atoms with van der Waals surface area (Å²) >= 11 is 12.6. The number of anilines is 2. The number of benzene rings is 3. The standard InChI is InChI=1S/C31H28Cl2FN3O4/c32-18-9-12-21-23(16-18)36-29(41)31(21)25(20-5-4-6-22(33)26(20)34)27(37-30(31)13-2-1-3-14-30)28(40)35-19-10-7-17(8-11-19)15-24(38)39/h4-12,16,25,27,37H,1-3,13-15H2,(H,35,40)(H,36,41)(H,38,39)/t25-,27+,31+/m0/s1. The lowest BCUT2D eigenvalue weighted by atomic mass is 9.55. The van der Waals surface area contributed by atoms with Crippen LogP contribution in [0.5, 0.6) is 0 Å². The van der Waals surface area contributed by atoms with Gasteiger partial charge in [-0.1, -0.05) is 72.8 Å². The van der Waals surface area contributed by atoms with E-state index < -0.39 is 40.6 Å². The number of halogens is 3. The Hall–Kier alpha value is -3.46. The molecule has 1 saturated heterocycles. The first-order chi connectivity index (χ1) is 19.7. The van der Waals surface area contributed by atoms with E-state index in [-0.39, 0.29) is 22.9 Å². The van der Waals surface area contributed by atoms with Crippen LogP contribution in [0, 0.1) is 5.82 Å². The van der Waals surface area contributed by atoms with Crippen LogP contribution >= 0.6 is 23.2 Å². The molecule has 6 rings (SSSR count). The first-order valence-electron chi connectivity index (χ1n) is 13.6. The molecule has 1 saturated carbocycles. The second kappa shape index (κ2) is 10.4. The molecule has 41 heavy (non-hydrogen) atoms. The van der Waals surface area contributed by atoms with Crippen LogP contribution in [-0.2, 0) is 26.2 Å². The van der Waals surface area contributed by atoms with Gasteiger partial charge in [-0.15, -0.1) is 0 Å². The van der Waals surface area contributed by atoms with Gasteiger partial charge in [0.2, 0.25) is 11.8 Å². The number of carboxylic acids is 1. The van der Waals surface area contributed by atoms with Crippen molar-refractivity contribution < 1.29 is 23.9 Å². The average Bonchev–Trinajstić information content (AvgIpc) is 3.39. The maximum absolute atomic E-state index is 15.9. The molecule has 2 spiro atoms. The van der Waals surface area contributed by atoms with Crippen molar-refractivity contribution in [2.45, 2.75) is 61.4 Å². The first-order valence-corrected chi connectivity index (χ1v) is 14.4. The third-order valence-corrected chi connectivity index (χ3v) is 9.41. The lowest BCUT2D eigenvalue weighted by Gasteiger charge is -2.47. The van der Waals surface area contributed by atoms with Crippen LogP contribution in [0.1, 0.15) is 54.7 Å². The van der Waals surface area contributed by atoms with E-state index >= 15 is 4.39 Å². The van der Waals surface area contributed by atoms with Crippen molar-refractivity contribution in [1.29, 1.82) is 0 Å². The van der Waals surface area contributed by atoms with E-state index in [4.69, 9.17) is 28.3 Å². The molecule has 0 radical (unpaired) electrons. The minimum atomic E-state index is -1.31. The number of carbonyl (C=O) groups excluding carboxylic acids is 2. The molecule has 2 amide bonds. The summed E-state index contributed by atoms with van der Waals surface area (Å²) in [7, 11) is 0. The fraction of sp³-hybridized carbons (Fsp3) is 0.323. The predicted octanol–water partition coefficient (Wildman–Crippen LogP) is 6.05. The summed E-state index contributed by atoms with van der Waals surface area (Å²) in [5.74, 6) is -3.30. The Morgan fingerprint density at radius 1 is 1.02 bits per heavy atom. The Bertz CT molecular complexity index is 1560. The van der Waals surface area contributed by atoms with Crippen LogP contribution in [0.25, 0.3) is 0 Å². The SMILES string of the molecule is O=C(O)Cc1ccc(NC(=O)[C@@H]2NC3(CCCCC3)[C@@]3(C(=O)Nc4cc(Cl)ccc43)[C@H]2c2cccc(Cl)c2F)cc1. The van der Waals surface area contributed by atoms with E-state index in [9.17, 15) is 14.4 Å². The third-order valence-electron chi connectivity index (χ3n) is 8.88. The molecule has 7 nitrogen and oxygen atoms in total. The van der Waals surface area contributed by atoms with E-state index in [1.54, 1.807) is 48.5 Å². The Balaban J connectivity index is 1.51. The molecule has 2 heterocycles. The van der Waals surface area contributed by atoms with Gasteiger partial charge in [0.25, 0.3) is 0 Å². The quantitative estimate of drug-likeness (QED) is 0.287. The number of rotatable bonds is 5. The summed E-state index contributed by atoms with van der Waals surface area (Å²) in [4.78, 5) is 39.5. The number of aliphatic carboxylic acids is 1. The molecule has 1 aliphatic carbocycles. The topological polar surface area (TPSA) is 108 Å². The van der Waals surface area contributed by atoms with E-state index in [1.807, 2.05) is 6.07 Å². The maximum Gasteiger partial charge on any atom is 0.307 e. The molecule has 2 fully saturated rings. The van der Waals surface area contributed by atoms with Gasteiger partial charge >= 0.3 is 5.97 Å². The second-order valence-corrected chi connectivity index (χ2v) is 11.9. The van der Waals surface area contributed by atoms with Crippen molar-refractivity contribution in [3.05, 3.63) is 93.2 Å². The molecule has 212 valence electrons. The number of amides is 2. The van der Waals surface area contributed by atoms with Crippen LogP contribution in [0.4, 0.5) is 15.8 Å². The number of hydrogen-bond acceptors (Lipinski definition) is 4. The van der Waals surface area contributed by atoms with Crippen LogP contribution in [0.15, 0.2) is 60.7 Å². The van der Waals surface area contributed by atoms with E-state index in [0.717, 1.165) is 19.3 Å². The molecule has 3 atom stereocenters. The van der Waals surface area contributed by atoms with Gasteiger partial charge in [-0.05, 0) is 59.9 Å². The molecule has 3 aromatic rings. The molecular formula is C31H28Cl2FN3O4. The Kier molecular flexibility index (Phi) is 7.04. The van der Waals surface area contributed by atoms with E-state index in [2.05, 4.69) is 16.0 Å².